The Bertz CT molecular complexity index is 414. The smallest absolute Gasteiger partial charge is 0.321 e. The summed E-state index contributed by atoms with van der Waals surface area (Å²) in [5.74, 6) is -0.454. The Morgan fingerprint density at radius 2 is 2.28 bits per heavy atom. The van der Waals surface area contributed by atoms with E-state index in [4.69, 9.17) is 5.73 Å². The van der Waals surface area contributed by atoms with Crippen LogP contribution >= 0.6 is 0 Å². The Kier molecular flexibility index (Phi) is 5.25. The highest BCUT2D eigenvalue weighted by Gasteiger charge is 2.10. The Morgan fingerprint density at radius 3 is 2.83 bits per heavy atom. The Balaban J connectivity index is 2.41. The summed E-state index contributed by atoms with van der Waals surface area (Å²) in [4.78, 5) is 22.7. The molecule has 1 heterocycles. The predicted octanol–water partition coefficient (Wildman–Crippen LogP) is -0.466. The highest BCUT2D eigenvalue weighted by Crippen LogP contribution is 2.02. The van der Waals surface area contributed by atoms with Crippen molar-refractivity contribution in [1.82, 2.24) is 25.6 Å². The van der Waals surface area contributed by atoms with Crippen LogP contribution in [0, 0.1) is 0 Å². The second kappa shape index (κ2) is 6.70. The molecular weight excluding hydrogens is 236 g/mol. The van der Waals surface area contributed by atoms with Crippen molar-refractivity contribution < 1.29 is 9.59 Å². The lowest BCUT2D eigenvalue weighted by atomic mass is 10.3. The highest BCUT2D eigenvalue weighted by molar-refractivity contribution is 5.94. The van der Waals surface area contributed by atoms with Crippen LogP contribution in [0.25, 0.3) is 0 Å². The van der Waals surface area contributed by atoms with Gasteiger partial charge >= 0.3 is 6.03 Å². The van der Waals surface area contributed by atoms with Crippen LogP contribution in [-0.2, 0) is 11.3 Å². The zero-order chi connectivity index (χ0) is 13.5. The van der Waals surface area contributed by atoms with Crippen molar-refractivity contribution >= 4 is 11.9 Å². The standard InChI is InChI=1S/C10H18N6O2/c1-3-4-12-10(18)13-9(17)6-16-5-8(7(2)11)14-15-16/h5,7H,3-4,6,11H2,1-2H3,(H2,12,13,17,18). The van der Waals surface area contributed by atoms with Gasteiger partial charge < -0.3 is 11.1 Å². The van der Waals surface area contributed by atoms with Gasteiger partial charge in [0.25, 0.3) is 0 Å². The van der Waals surface area contributed by atoms with Gasteiger partial charge in [0, 0.05) is 12.6 Å². The summed E-state index contributed by atoms with van der Waals surface area (Å²) >= 11 is 0. The molecule has 18 heavy (non-hydrogen) atoms. The van der Waals surface area contributed by atoms with Gasteiger partial charge in [-0.2, -0.15) is 0 Å². The molecule has 0 saturated carbocycles. The first-order valence-electron chi connectivity index (χ1n) is 5.76. The number of nitrogens with two attached hydrogens (primary N) is 1. The van der Waals surface area contributed by atoms with Crippen molar-refractivity contribution in [1.29, 1.82) is 0 Å². The predicted molar refractivity (Wildman–Crippen MR) is 64.5 cm³/mol. The number of aromatic nitrogens is 3. The second-order valence-corrected chi connectivity index (χ2v) is 3.93. The van der Waals surface area contributed by atoms with Crippen LogP contribution in [-0.4, -0.2) is 33.5 Å². The van der Waals surface area contributed by atoms with Gasteiger partial charge in [0.15, 0.2) is 0 Å². The maximum atomic E-state index is 11.5. The van der Waals surface area contributed by atoms with Crippen molar-refractivity contribution in [2.45, 2.75) is 32.9 Å². The molecule has 100 valence electrons. The molecule has 0 aliphatic carbocycles. The fourth-order valence-electron chi connectivity index (χ4n) is 1.20. The van der Waals surface area contributed by atoms with Crippen LogP contribution in [0.3, 0.4) is 0 Å². The monoisotopic (exact) mass is 254 g/mol. The molecule has 0 saturated heterocycles. The summed E-state index contributed by atoms with van der Waals surface area (Å²) in [6.07, 6.45) is 2.39. The first kappa shape index (κ1) is 14.1. The Labute approximate surface area is 105 Å². The molecule has 1 atom stereocenters. The van der Waals surface area contributed by atoms with E-state index in [9.17, 15) is 9.59 Å². The topological polar surface area (TPSA) is 115 Å². The molecule has 0 radical (unpaired) electrons. The van der Waals surface area contributed by atoms with Gasteiger partial charge in [-0.15, -0.1) is 5.10 Å². The molecule has 0 aliphatic heterocycles. The van der Waals surface area contributed by atoms with Crippen LogP contribution in [0.5, 0.6) is 0 Å². The third-order valence-electron chi connectivity index (χ3n) is 2.12. The van der Waals surface area contributed by atoms with Gasteiger partial charge in [0.2, 0.25) is 5.91 Å². The fraction of sp³-hybridized carbons (Fsp3) is 0.600. The Hall–Kier alpha value is -1.96. The molecule has 0 fully saturated rings. The summed E-state index contributed by atoms with van der Waals surface area (Å²) in [7, 11) is 0. The Morgan fingerprint density at radius 1 is 1.56 bits per heavy atom. The van der Waals surface area contributed by atoms with E-state index in [-0.39, 0.29) is 12.6 Å². The molecule has 8 nitrogen and oxygen atoms in total. The molecule has 3 amide bonds. The third kappa shape index (κ3) is 4.50. The van der Waals surface area contributed by atoms with Crippen LogP contribution in [0.2, 0.25) is 0 Å². The van der Waals surface area contributed by atoms with Gasteiger partial charge in [-0.3, -0.25) is 10.1 Å². The summed E-state index contributed by atoms with van der Waals surface area (Å²) in [5.41, 5.74) is 6.21. The lowest BCUT2D eigenvalue weighted by Crippen LogP contribution is -2.41. The molecule has 1 aromatic heterocycles. The lowest BCUT2D eigenvalue weighted by molar-refractivity contribution is -0.120. The van der Waals surface area contributed by atoms with Crippen LogP contribution in [0.4, 0.5) is 4.79 Å². The second-order valence-electron chi connectivity index (χ2n) is 3.93. The number of urea groups is 1. The number of nitrogens with one attached hydrogen (secondary N) is 2. The minimum absolute atomic E-state index is 0.0702. The molecule has 1 aromatic rings. The number of hydrogen-bond donors (Lipinski definition) is 3. The minimum Gasteiger partial charge on any atom is -0.338 e. The summed E-state index contributed by atoms with van der Waals surface area (Å²) in [6, 6.07) is -0.746. The summed E-state index contributed by atoms with van der Waals surface area (Å²) < 4.78 is 1.33. The van der Waals surface area contributed by atoms with Gasteiger partial charge in [-0.1, -0.05) is 12.1 Å². The van der Waals surface area contributed by atoms with Crippen molar-refractivity contribution in [3.05, 3.63) is 11.9 Å². The summed E-state index contributed by atoms with van der Waals surface area (Å²) in [6.45, 7) is 4.15. The minimum atomic E-state index is -0.505. The van der Waals surface area contributed by atoms with E-state index in [1.165, 1.54) is 4.68 Å². The van der Waals surface area contributed by atoms with E-state index in [0.29, 0.717) is 12.2 Å². The average molecular weight is 254 g/mol. The van der Waals surface area contributed by atoms with Crippen LogP contribution in [0.1, 0.15) is 32.0 Å². The number of imide groups is 1. The van der Waals surface area contributed by atoms with Gasteiger partial charge in [-0.05, 0) is 13.3 Å². The highest BCUT2D eigenvalue weighted by atomic mass is 16.2. The van der Waals surface area contributed by atoms with E-state index in [2.05, 4.69) is 20.9 Å². The van der Waals surface area contributed by atoms with Gasteiger partial charge in [0.05, 0.1) is 11.9 Å². The maximum Gasteiger partial charge on any atom is 0.321 e. The van der Waals surface area contributed by atoms with Crippen molar-refractivity contribution in [2.24, 2.45) is 5.73 Å². The van der Waals surface area contributed by atoms with E-state index in [1.807, 2.05) is 6.92 Å². The molecule has 0 bridgehead atoms. The SMILES string of the molecule is CCCNC(=O)NC(=O)Cn1cc(C(C)N)nn1. The lowest BCUT2D eigenvalue weighted by Gasteiger charge is -2.05. The van der Waals surface area contributed by atoms with Crippen LogP contribution < -0.4 is 16.4 Å². The normalized spacial score (nSPS) is 11.9. The molecule has 1 rings (SSSR count). The average Bonchev–Trinajstić information content (AvgIpc) is 2.74. The molecule has 1 unspecified atom stereocenters. The molecule has 0 aliphatic rings. The first-order valence-corrected chi connectivity index (χ1v) is 5.76. The quantitative estimate of drug-likeness (QED) is 0.657. The molecule has 0 aromatic carbocycles. The fourth-order valence-corrected chi connectivity index (χ4v) is 1.20. The van der Waals surface area contributed by atoms with Crippen molar-refractivity contribution in [3.63, 3.8) is 0 Å². The van der Waals surface area contributed by atoms with Crippen molar-refractivity contribution in [3.8, 4) is 0 Å². The first-order chi connectivity index (χ1) is 8.52. The van der Waals surface area contributed by atoms with Gasteiger partial charge in [0.1, 0.15) is 6.54 Å². The zero-order valence-corrected chi connectivity index (χ0v) is 10.5. The van der Waals surface area contributed by atoms with E-state index in [0.717, 1.165) is 6.42 Å². The molecule has 0 spiro atoms. The third-order valence-corrected chi connectivity index (χ3v) is 2.12. The maximum absolute atomic E-state index is 11.5. The number of rotatable bonds is 5. The molecule has 8 heteroatoms. The zero-order valence-electron chi connectivity index (χ0n) is 10.5. The van der Waals surface area contributed by atoms with E-state index < -0.39 is 11.9 Å². The molecular formula is C10H18N6O2. The number of carbonyl (C=O) groups excluding carboxylic acids is 2. The summed E-state index contributed by atoms with van der Waals surface area (Å²) in [5, 5.41) is 12.3. The van der Waals surface area contributed by atoms with E-state index >= 15 is 0 Å². The number of hydrogen-bond acceptors (Lipinski definition) is 5. The number of carbonyl (C=O) groups is 2. The number of amides is 3. The molecule has 4 N–H and O–H groups in total. The largest absolute Gasteiger partial charge is 0.338 e. The van der Waals surface area contributed by atoms with E-state index in [1.54, 1.807) is 13.1 Å². The van der Waals surface area contributed by atoms with Gasteiger partial charge in [-0.25, -0.2) is 9.48 Å². The van der Waals surface area contributed by atoms with Crippen LogP contribution in [0.15, 0.2) is 6.20 Å². The van der Waals surface area contributed by atoms with Crippen molar-refractivity contribution in [2.75, 3.05) is 6.54 Å². The number of nitrogens with zero attached hydrogens (tertiary/aromatic N) is 3.